The van der Waals surface area contributed by atoms with Crippen LogP contribution in [-0.4, -0.2) is 4.98 Å². The van der Waals surface area contributed by atoms with Gasteiger partial charge < -0.3 is 0 Å². The molecule has 3 aromatic carbocycles. The third-order valence-electron chi connectivity index (χ3n) is 4.00. The van der Waals surface area contributed by atoms with Gasteiger partial charge in [-0.15, -0.1) is 12.4 Å². The summed E-state index contributed by atoms with van der Waals surface area (Å²) in [5.74, 6) is -0.260. The van der Waals surface area contributed by atoms with E-state index in [0.717, 1.165) is 27.7 Å². The van der Waals surface area contributed by atoms with Gasteiger partial charge in [-0.1, -0.05) is 60.1 Å². The number of fused-ring (bicyclic) bond motifs is 1. The molecule has 0 saturated heterocycles. The van der Waals surface area contributed by atoms with Crippen LogP contribution in [0.5, 0.6) is 0 Å². The van der Waals surface area contributed by atoms with Crippen LogP contribution in [0, 0.1) is 5.82 Å². The number of hydrogen-bond donors (Lipinski definition) is 0. The van der Waals surface area contributed by atoms with Gasteiger partial charge in [-0.05, 0) is 35.9 Å². The van der Waals surface area contributed by atoms with Crippen molar-refractivity contribution in [3.63, 3.8) is 0 Å². The molecule has 4 aromatic rings. The first-order valence-corrected chi connectivity index (χ1v) is 8.01. The second-order valence-electron chi connectivity index (χ2n) is 5.56. The third kappa shape index (κ3) is 3.37. The Kier molecular flexibility index (Phi) is 5.03. The molecule has 0 aliphatic rings. The van der Waals surface area contributed by atoms with E-state index in [1.54, 1.807) is 18.2 Å². The summed E-state index contributed by atoms with van der Waals surface area (Å²) < 4.78 is 14.4. The van der Waals surface area contributed by atoms with Crippen molar-refractivity contribution in [1.82, 2.24) is 4.98 Å². The lowest BCUT2D eigenvalue weighted by Crippen LogP contribution is -1.91. The largest absolute Gasteiger partial charge is 0.248 e. The summed E-state index contributed by atoms with van der Waals surface area (Å²) in [5.41, 5.74) is 3.93. The van der Waals surface area contributed by atoms with E-state index < -0.39 is 0 Å². The van der Waals surface area contributed by atoms with E-state index in [9.17, 15) is 4.39 Å². The Bertz CT molecular complexity index is 1030. The highest BCUT2D eigenvalue weighted by Crippen LogP contribution is 2.34. The number of rotatable bonds is 2. The molecule has 0 bridgehead atoms. The van der Waals surface area contributed by atoms with Crippen molar-refractivity contribution in [3.8, 4) is 22.4 Å². The molecule has 0 amide bonds. The van der Waals surface area contributed by atoms with Crippen LogP contribution in [0.25, 0.3) is 33.3 Å². The average molecular weight is 370 g/mol. The number of aromatic nitrogens is 1. The highest BCUT2D eigenvalue weighted by Gasteiger charge is 2.12. The molecule has 0 saturated carbocycles. The molecular weight excluding hydrogens is 356 g/mol. The summed E-state index contributed by atoms with van der Waals surface area (Å²) in [6.45, 7) is 0. The molecule has 1 aromatic heterocycles. The van der Waals surface area contributed by atoms with E-state index >= 15 is 0 Å². The maximum Gasteiger partial charge on any atom is 0.131 e. The zero-order chi connectivity index (χ0) is 16.5. The fourth-order valence-electron chi connectivity index (χ4n) is 2.86. The lowest BCUT2D eigenvalue weighted by atomic mass is 9.98. The molecule has 0 unspecified atom stereocenters. The van der Waals surface area contributed by atoms with Gasteiger partial charge in [0.1, 0.15) is 5.82 Å². The average Bonchev–Trinajstić information content (AvgIpc) is 2.62. The number of halogens is 3. The fourth-order valence-corrected chi connectivity index (χ4v) is 3.03. The Morgan fingerprint density at radius 3 is 2.24 bits per heavy atom. The molecule has 0 atom stereocenters. The maximum atomic E-state index is 14.4. The van der Waals surface area contributed by atoms with Crippen LogP contribution in [-0.2, 0) is 0 Å². The van der Waals surface area contributed by atoms with Gasteiger partial charge in [0.15, 0.2) is 0 Å². The Balaban J connectivity index is 0.00000182. The monoisotopic (exact) mass is 369 g/mol. The van der Waals surface area contributed by atoms with Crippen molar-refractivity contribution in [1.29, 1.82) is 0 Å². The van der Waals surface area contributed by atoms with Gasteiger partial charge in [0.25, 0.3) is 0 Å². The zero-order valence-corrected chi connectivity index (χ0v) is 14.7. The van der Waals surface area contributed by atoms with Crippen molar-refractivity contribution in [2.75, 3.05) is 0 Å². The quantitative estimate of drug-likeness (QED) is 0.379. The molecular formula is C21H14Cl2FN. The molecule has 0 fully saturated rings. The molecule has 0 spiro atoms. The Morgan fingerprint density at radius 1 is 0.760 bits per heavy atom. The molecule has 124 valence electrons. The standard InChI is InChI=1S/C21H13ClFN.ClH/c22-15-10-11-20-18(12-15)17(16-8-4-5-9-19(16)23)13-21(24-20)14-6-2-1-3-7-14;/h1-13H;1H. The smallest absolute Gasteiger partial charge is 0.131 e. The molecule has 25 heavy (non-hydrogen) atoms. The second-order valence-corrected chi connectivity index (χ2v) is 6.00. The molecule has 0 N–H and O–H groups in total. The lowest BCUT2D eigenvalue weighted by molar-refractivity contribution is 0.631. The zero-order valence-electron chi connectivity index (χ0n) is 13.1. The van der Waals surface area contributed by atoms with Crippen LogP contribution < -0.4 is 0 Å². The molecule has 4 rings (SSSR count). The van der Waals surface area contributed by atoms with E-state index in [2.05, 4.69) is 0 Å². The van der Waals surface area contributed by atoms with Crippen molar-refractivity contribution < 1.29 is 4.39 Å². The second kappa shape index (κ2) is 7.22. The number of nitrogens with zero attached hydrogens (tertiary/aromatic N) is 1. The van der Waals surface area contributed by atoms with E-state index in [-0.39, 0.29) is 18.2 Å². The van der Waals surface area contributed by atoms with Crippen molar-refractivity contribution in [2.45, 2.75) is 0 Å². The van der Waals surface area contributed by atoms with Crippen LogP contribution in [0.4, 0.5) is 4.39 Å². The van der Waals surface area contributed by atoms with Gasteiger partial charge in [0, 0.05) is 21.5 Å². The summed E-state index contributed by atoms with van der Waals surface area (Å²) in [6.07, 6.45) is 0. The van der Waals surface area contributed by atoms with E-state index in [0.29, 0.717) is 10.6 Å². The minimum absolute atomic E-state index is 0. The van der Waals surface area contributed by atoms with E-state index in [1.807, 2.05) is 54.6 Å². The number of pyridine rings is 1. The van der Waals surface area contributed by atoms with Gasteiger partial charge in [-0.25, -0.2) is 9.37 Å². The highest BCUT2D eigenvalue weighted by atomic mass is 35.5. The SMILES string of the molecule is Cl.Fc1ccccc1-c1cc(-c2ccccc2)nc2ccc(Cl)cc12. The van der Waals surface area contributed by atoms with E-state index in [1.165, 1.54) is 6.07 Å². The minimum atomic E-state index is -0.260. The summed E-state index contributed by atoms with van der Waals surface area (Å²) >= 11 is 6.15. The van der Waals surface area contributed by atoms with Crippen LogP contribution in [0.1, 0.15) is 0 Å². The Labute approximate surface area is 156 Å². The molecule has 4 heteroatoms. The molecule has 0 aliphatic carbocycles. The first-order chi connectivity index (χ1) is 11.7. The summed E-state index contributed by atoms with van der Waals surface area (Å²) in [6, 6.07) is 24.1. The maximum absolute atomic E-state index is 14.4. The van der Waals surface area contributed by atoms with Crippen molar-refractivity contribution in [3.05, 3.63) is 89.7 Å². The molecule has 1 nitrogen and oxygen atoms in total. The minimum Gasteiger partial charge on any atom is -0.248 e. The van der Waals surface area contributed by atoms with Gasteiger partial charge in [-0.3, -0.25) is 0 Å². The lowest BCUT2D eigenvalue weighted by Gasteiger charge is -2.11. The van der Waals surface area contributed by atoms with Gasteiger partial charge in [0.2, 0.25) is 0 Å². The fraction of sp³-hybridized carbons (Fsp3) is 0. The summed E-state index contributed by atoms with van der Waals surface area (Å²) in [7, 11) is 0. The van der Waals surface area contributed by atoms with Crippen LogP contribution in [0.15, 0.2) is 78.9 Å². The predicted molar refractivity (Wildman–Crippen MR) is 105 cm³/mol. The van der Waals surface area contributed by atoms with Crippen LogP contribution in [0.3, 0.4) is 0 Å². The van der Waals surface area contributed by atoms with Crippen LogP contribution in [0.2, 0.25) is 5.02 Å². The Hall–Kier alpha value is -2.42. The van der Waals surface area contributed by atoms with Gasteiger partial charge in [-0.2, -0.15) is 0 Å². The van der Waals surface area contributed by atoms with Crippen molar-refractivity contribution in [2.24, 2.45) is 0 Å². The molecule has 0 radical (unpaired) electrons. The Morgan fingerprint density at radius 2 is 1.48 bits per heavy atom. The first-order valence-electron chi connectivity index (χ1n) is 7.63. The molecule has 1 heterocycles. The van der Waals surface area contributed by atoms with E-state index in [4.69, 9.17) is 16.6 Å². The summed E-state index contributed by atoms with van der Waals surface area (Å²) in [4.78, 5) is 4.72. The first kappa shape index (κ1) is 17.4. The number of hydrogen-bond acceptors (Lipinski definition) is 1. The topological polar surface area (TPSA) is 12.9 Å². The summed E-state index contributed by atoms with van der Waals surface area (Å²) in [5, 5.41) is 1.45. The van der Waals surface area contributed by atoms with Crippen LogP contribution >= 0.6 is 24.0 Å². The van der Waals surface area contributed by atoms with Crippen molar-refractivity contribution >= 4 is 34.9 Å². The number of benzene rings is 3. The predicted octanol–water partition coefficient (Wildman–Crippen LogP) is 6.78. The van der Waals surface area contributed by atoms with Gasteiger partial charge in [0.05, 0.1) is 11.2 Å². The highest BCUT2D eigenvalue weighted by molar-refractivity contribution is 6.31. The van der Waals surface area contributed by atoms with Gasteiger partial charge >= 0.3 is 0 Å². The molecule has 0 aliphatic heterocycles. The normalized spacial score (nSPS) is 10.5. The third-order valence-corrected chi connectivity index (χ3v) is 4.24.